The van der Waals surface area contributed by atoms with Crippen molar-refractivity contribution < 1.29 is 27.6 Å². The first-order chi connectivity index (χ1) is 19.5. The number of carbonyl (C=O) groups is 3. The number of aromatic nitrogens is 2. The van der Waals surface area contributed by atoms with Crippen LogP contribution in [0.2, 0.25) is 5.02 Å². The third kappa shape index (κ3) is 5.32. The number of nitrogens with one attached hydrogen (secondary N) is 2. The number of hydrogen-bond donors (Lipinski definition) is 2. The van der Waals surface area contributed by atoms with Crippen molar-refractivity contribution >= 4 is 35.1 Å². The highest BCUT2D eigenvalue weighted by molar-refractivity contribution is 6.31. The number of nitriles is 1. The summed E-state index contributed by atoms with van der Waals surface area (Å²) in [6.07, 6.45) is 2.05. The van der Waals surface area contributed by atoms with Crippen molar-refractivity contribution in [3.8, 4) is 6.07 Å². The molecular formula is C28H22ClF3N6O3. The summed E-state index contributed by atoms with van der Waals surface area (Å²) in [7, 11) is 0. The third-order valence-electron chi connectivity index (χ3n) is 7.18. The molecule has 1 aliphatic carbocycles. The molecule has 41 heavy (non-hydrogen) atoms. The molecule has 3 amide bonds. The second-order valence-electron chi connectivity index (χ2n) is 9.89. The number of rotatable bonds is 7. The van der Waals surface area contributed by atoms with E-state index in [9.17, 15) is 32.8 Å². The smallest absolute Gasteiger partial charge is 0.252 e. The van der Waals surface area contributed by atoms with E-state index in [1.165, 1.54) is 36.7 Å². The van der Waals surface area contributed by atoms with Crippen LogP contribution in [-0.4, -0.2) is 39.7 Å². The van der Waals surface area contributed by atoms with Crippen LogP contribution in [0.4, 0.5) is 19.0 Å². The van der Waals surface area contributed by atoms with E-state index in [2.05, 4.69) is 20.6 Å². The minimum atomic E-state index is -2.90. The molecule has 0 unspecified atom stereocenters. The number of halogens is 4. The zero-order chi connectivity index (χ0) is 29.4. The van der Waals surface area contributed by atoms with Crippen molar-refractivity contribution in [3.63, 3.8) is 0 Å². The lowest BCUT2D eigenvalue weighted by Crippen LogP contribution is -2.58. The molecule has 1 aliphatic heterocycles. The van der Waals surface area contributed by atoms with Gasteiger partial charge in [-0.15, -0.1) is 0 Å². The van der Waals surface area contributed by atoms with Crippen LogP contribution in [0.25, 0.3) is 0 Å². The van der Waals surface area contributed by atoms with Gasteiger partial charge >= 0.3 is 0 Å². The van der Waals surface area contributed by atoms with Crippen LogP contribution in [0.15, 0.2) is 61.1 Å². The van der Waals surface area contributed by atoms with E-state index in [4.69, 9.17) is 11.6 Å². The van der Waals surface area contributed by atoms with Crippen LogP contribution >= 0.6 is 11.6 Å². The van der Waals surface area contributed by atoms with Crippen LogP contribution in [0.5, 0.6) is 0 Å². The summed E-state index contributed by atoms with van der Waals surface area (Å²) in [6.45, 7) is 0. The fourth-order valence-electron chi connectivity index (χ4n) is 5.21. The predicted octanol–water partition coefficient (Wildman–Crippen LogP) is 3.93. The van der Waals surface area contributed by atoms with E-state index >= 15 is 0 Å². The van der Waals surface area contributed by atoms with Crippen LogP contribution in [-0.2, 0) is 19.9 Å². The number of carbonyl (C=O) groups excluding carboxylic acids is 3. The minimum Gasteiger partial charge on any atom is -0.351 e. The van der Waals surface area contributed by atoms with Crippen LogP contribution in [0, 0.1) is 17.1 Å². The van der Waals surface area contributed by atoms with Crippen molar-refractivity contribution in [2.75, 3.05) is 4.90 Å². The Balaban J connectivity index is 1.59. The van der Waals surface area contributed by atoms with Crippen molar-refractivity contribution in [1.29, 1.82) is 5.26 Å². The first-order valence-corrected chi connectivity index (χ1v) is 13.0. The Kier molecular flexibility index (Phi) is 7.40. The summed E-state index contributed by atoms with van der Waals surface area (Å²) < 4.78 is 41.4. The maximum Gasteiger partial charge on any atom is 0.252 e. The molecule has 1 aromatic carbocycles. The average Bonchev–Trinajstić information content (AvgIpc) is 3.29. The predicted molar refractivity (Wildman–Crippen MR) is 140 cm³/mol. The molecule has 0 bridgehead atoms. The Hall–Kier alpha value is -4.50. The highest BCUT2D eigenvalue weighted by atomic mass is 35.5. The lowest BCUT2D eigenvalue weighted by Gasteiger charge is -2.39. The Bertz CT molecular complexity index is 1570. The maximum absolute atomic E-state index is 14.5. The molecule has 9 nitrogen and oxygen atoms in total. The molecule has 2 fully saturated rings. The number of benzene rings is 1. The van der Waals surface area contributed by atoms with Crippen molar-refractivity contribution in [2.45, 2.75) is 49.2 Å². The van der Waals surface area contributed by atoms with Crippen LogP contribution < -0.4 is 15.5 Å². The van der Waals surface area contributed by atoms with Gasteiger partial charge in [0.1, 0.15) is 17.7 Å². The van der Waals surface area contributed by atoms with E-state index < -0.39 is 59.9 Å². The van der Waals surface area contributed by atoms with Gasteiger partial charge in [-0.25, -0.2) is 18.2 Å². The van der Waals surface area contributed by atoms with Gasteiger partial charge < -0.3 is 10.6 Å². The number of nitrogens with zero attached hydrogens (tertiary/aromatic N) is 4. The summed E-state index contributed by atoms with van der Waals surface area (Å²) in [6, 6.07) is 9.63. The molecule has 3 aromatic rings. The number of hydrogen-bond acceptors (Lipinski definition) is 6. The molecule has 1 saturated carbocycles. The maximum atomic E-state index is 14.5. The summed E-state index contributed by atoms with van der Waals surface area (Å²) in [5.41, 5.74) is -1.59. The summed E-state index contributed by atoms with van der Waals surface area (Å²) in [5.74, 6) is -5.94. The van der Waals surface area contributed by atoms with Crippen LogP contribution in [0.3, 0.4) is 0 Å². The van der Waals surface area contributed by atoms with E-state index in [0.29, 0.717) is 0 Å². The largest absolute Gasteiger partial charge is 0.351 e. The molecule has 2 atom stereocenters. The van der Waals surface area contributed by atoms with E-state index in [1.54, 1.807) is 12.1 Å². The monoisotopic (exact) mass is 582 g/mol. The quantitative estimate of drug-likeness (QED) is 0.434. The minimum absolute atomic E-state index is 0.00182. The standard InChI is InChI=1S/C28H22ClF3N6O3/c29-21-4-2-1-3-20(21)24(25(40)36-19-11-27(31,32)12-19)37-26(41)28(17-10-18(30)15-34-14-17)7-5-23(39)38(28)22-9-16(13-33)6-8-35-22/h1-4,6,8-10,14-15,19,24H,5,7,11-12H2,(H,36,40)(H,37,41)/t24-,28-/m0/s1. The number of amides is 3. The Morgan fingerprint density at radius 1 is 1.17 bits per heavy atom. The zero-order valence-electron chi connectivity index (χ0n) is 21.3. The fraction of sp³-hybridized carbons (Fsp3) is 0.286. The number of anilines is 1. The van der Waals surface area contributed by atoms with Gasteiger partial charge in [0.2, 0.25) is 11.8 Å². The van der Waals surface area contributed by atoms with Gasteiger partial charge in [-0.05, 0) is 30.7 Å². The summed E-state index contributed by atoms with van der Waals surface area (Å²) in [5, 5.41) is 14.7. The highest BCUT2D eigenvalue weighted by Crippen LogP contribution is 2.43. The van der Waals surface area contributed by atoms with E-state index in [-0.39, 0.29) is 40.4 Å². The van der Waals surface area contributed by atoms with E-state index in [1.807, 2.05) is 6.07 Å². The summed E-state index contributed by atoms with van der Waals surface area (Å²) >= 11 is 6.37. The molecule has 210 valence electrons. The number of alkyl halides is 2. The first kappa shape index (κ1) is 28.0. The molecule has 3 heterocycles. The topological polar surface area (TPSA) is 128 Å². The first-order valence-electron chi connectivity index (χ1n) is 12.6. The molecule has 13 heteroatoms. The summed E-state index contributed by atoms with van der Waals surface area (Å²) in [4.78, 5) is 50.2. The van der Waals surface area contributed by atoms with Crippen molar-refractivity contribution in [3.05, 3.63) is 88.6 Å². The van der Waals surface area contributed by atoms with Gasteiger partial charge in [-0.3, -0.25) is 24.3 Å². The molecule has 2 aromatic heterocycles. The van der Waals surface area contributed by atoms with Crippen LogP contribution in [0.1, 0.15) is 48.4 Å². The van der Waals surface area contributed by atoms with Crippen molar-refractivity contribution in [2.24, 2.45) is 0 Å². The fourth-order valence-corrected chi connectivity index (χ4v) is 5.45. The third-order valence-corrected chi connectivity index (χ3v) is 7.53. The molecule has 0 radical (unpaired) electrons. The van der Waals surface area contributed by atoms with Gasteiger partial charge in [0.15, 0.2) is 5.54 Å². The second-order valence-corrected chi connectivity index (χ2v) is 10.3. The molecular weight excluding hydrogens is 561 g/mol. The van der Waals surface area contributed by atoms with Gasteiger partial charge in [-0.1, -0.05) is 29.8 Å². The Morgan fingerprint density at radius 2 is 1.93 bits per heavy atom. The van der Waals surface area contributed by atoms with Crippen molar-refractivity contribution in [1.82, 2.24) is 20.6 Å². The second kappa shape index (κ2) is 10.8. The van der Waals surface area contributed by atoms with Gasteiger partial charge in [0.25, 0.3) is 11.8 Å². The molecule has 2 N–H and O–H groups in total. The average molecular weight is 583 g/mol. The van der Waals surface area contributed by atoms with E-state index in [0.717, 1.165) is 17.2 Å². The number of pyridine rings is 2. The van der Waals surface area contributed by atoms with Gasteiger partial charge in [0.05, 0.1) is 17.8 Å². The normalized spacial score (nSPS) is 20.6. The Labute approximate surface area is 237 Å². The zero-order valence-corrected chi connectivity index (χ0v) is 22.0. The SMILES string of the molecule is N#Cc1ccnc(N2C(=O)CC[C@@]2(C(=O)N[C@H](C(=O)NC2CC(F)(F)C2)c2ccccc2Cl)c2cncc(F)c2)c1. The van der Waals surface area contributed by atoms with Gasteiger partial charge in [-0.2, -0.15) is 5.26 Å². The molecule has 2 aliphatic rings. The molecule has 1 saturated heterocycles. The Morgan fingerprint density at radius 3 is 2.61 bits per heavy atom. The lowest BCUT2D eigenvalue weighted by atomic mass is 9.86. The highest BCUT2D eigenvalue weighted by Gasteiger charge is 2.55. The molecule has 5 rings (SSSR count). The van der Waals surface area contributed by atoms with Gasteiger partial charge in [0, 0.05) is 53.8 Å². The molecule has 0 spiro atoms. The lowest BCUT2D eigenvalue weighted by molar-refractivity contribution is -0.136.